The van der Waals surface area contributed by atoms with Crippen molar-refractivity contribution in [2.45, 2.75) is 78.1 Å². The summed E-state index contributed by atoms with van der Waals surface area (Å²) in [4.78, 5) is 119. The van der Waals surface area contributed by atoms with Gasteiger partial charge in [0.1, 0.15) is 29.1 Å². The van der Waals surface area contributed by atoms with E-state index < -0.39 is 0 Å². The number of hydrogen-bond acceptors (Lipinski definition) is 22. The predicted octanol–water partition coefficient (Wildman–Crippen LogP) is 21.1. The van der Waals surface area contributed by atoms with Gasteiger partial charge < -0.3 is 33.0 Å². The third-order valence-electron chi connectivity index (χ3n) is 27.7. The Kier molecular flexibility index (Phi) is 28.2. The van der Waals surface area contributed by atoms with Crippen LogP contribution in [0.4, 0.5) is 17.5 Å². The van der Waals surface area contributed by atoms with Gasteiger partial charge in [-0.05, 0) is 229 Å². The topological polar surface area (TPSA) is 310 Å². The minimum absolute atomic E-state index is 0.0136. The lowest BCUT2D eigenvalue weighted by Gasteiger charge is -2.27. The van der Waals surface area contributed by atoms with Gasteiger partial charge in [0.2, 0.25) is 0 Å². The molecule has 7 aromatic carbocycles. The maximum Gasteiger partial charge on any atom is 0.169 e. The lowest BCUT2D eigenvalue weighted by atomic mass is 10.0. The average Bonchev–Trinajstić information content (AvgIpc) is 1.30. The number of ketones is 5. The molecule has 742 valence electrons. The summed E-state index contributed by atoms with van der Waals surface area (Å²) >= 11 is 0. The average molecular weight is 1970 g/mol. The van der Waals surface area contributed by atoms with E-state index in [9.17, 15) is 24.0 Å². The molecule has 149 heavy (non-hydrogen) atoms. The first-order chi connectivity index (χ1) is 72.7. The molecule has 0 atom stereocenters. The Morgan fingerprint density at radius 3 is 1.07 bits per heavy atom. The number of pyridine rings is 8. The van der Waals surface area contributed by atoms with Crippen LogP contribution < -0.4 is 14.7 Å². The number of Topliss-reactive ketones (excluding diaryl/α,β-unsaturated/α-hetero) is 5. The van der Waals surface area contributed by atoms with Crippen LogP contribution in [0.3, 0.4) is 0 Å². The molecule has 24 rings (SSSR count). The number of aromatic nitrogens is 21. The van der Waals surface area contributed by atoms with Gasteiger partial charge in [0.25, 0.3) is 0 Å². The predicted molar refractivity (Wildman–Crippen MR) is 588 cm³/mol. The Balaban J connectivity index is 0.000000113. The van der Waals surface area contributed by atoms with Gasteiger partial charge in [-0.1, -0.05) is 60.7 Å². The monoisotopic (exact) mass is 1970 g/mol. The number of imidazole rings is 3. The van der Waals surface area contributed by atoms with E-state index in [0.29, 0.717) is 27.9 Å². The second kappa shape index (κ2) is 43.4. The number of anilines is 3. The summed E-state index contributed by atoms with van der Waals surface area (Å²) in [6.45, 7) is 7.97. The fourth-order valence-corrected chi connectivity index (χ4v) is 19.0. The van der Waals surface area contributed by atoms with Crippen LogP contribution >= 0.6 is 0 Å². The molecular weight excluding hydrogens is 1860 g/mol. The van der Waals surface area contributed by atoms with Gasteiger partial charge in [0.05, 0.1) is 93.2 Å². The van der Waals surface area contributed by atoms with E-state index >= 15 is 0 Å². The Bertz CT molecular complexity index is 8680. The smallest absolute Gasteiger partial charge is 0.169 e. The first kappa shape index (κ1) is 97.0. The summed E-state index contributed by atoms with van der Waals surface area (Å²) in [5, 5.41) is 23.9. The summed E-state index contributed by atoms with van der Waals surface area (Å²) in [7, 11) is 17.5. The SMILES string of the molecule is Cc1ncc(-c2ccc3cnc(CC(=O)c4ccnc(N(C)C)c4)cc3c2)n1C.Cc1ncc(-c2ccc3cnc(CC(=O)c4ccnc(N5CCCC5)c4)cc3c2)n1C.Cn1cc(-c2ccc3cnc(CC(=O)c4ccc5c(c4)ncn5C)cc3c2)cn1.Cn1cc(-c2ccc3cnc(CC(=O)c4ccc5c(ccn5C)c4)cc3c2)cn1.[2H]c1nc(CC(=O)c2ccnc(N3CCCCC3)c2)cc2cc(-c3cnn(C)c3)ccc12. The number of piperidine rings is 1. The highest BCUT2D eigenvalue weighted by molar-refractivity contribution is 6.04. The normalized spacial score (nSPS) is 12.5. The number of hydrogen-bond donors (Lipinski definition) is 0. The first-order valence-corrected chi connectivity index (χ1v) is 49.8. The van der Waals surface area contributed by atoms with Crippen molar-refractivity contribution in [3.05, 3.63) is 380 Å². The summed E-state index contributed by atoms with van der Waals surface area (Å²) in [5.74, 6) is 4.65. The van der Waals surface area contributed by atoms with Crippen LogP contribution in [0.15, 0.2) is 312 Å². The van der Waals surface area contributed by atoms with E-state index in [1.54, 1.807) is 57.2 Å². The van der Waals surface area contributed by atoms with Gasteiger partial charge in [-0.3, -0.25) is 62.9 Å². The minimum Gasteiger partial charge on any atom is -0.363 e. The lowest BCUT2D eigenvalue weighted by molar-refractivity contribution is 0.0983. The van der Waals surface area contributed by atoms with Crippen molar-refractivity contribution in [2.75, 3.05) is 55.0 Å². The van der Waals surface area contributed by atoms with Crippen LogP contribution in [0.25, 0.3) is 132 Å². The van der Waals surface area contributed by atoms with Crippen LogP contribution in [-0.4, -0.2) is 172 Å². The molecule has 2 saturated heterocycles. The third kappa shape index (κ3) is 22.7. The first-order valence-electron chi connectivity index (χ1n) is 50.3. The molecule has 0 unspecified atom stereocenters. The van der Waals surface area contributed by atoms with Crippen LogP contribution in [0.1, 0.15) is 125 Å². The molecule has 0 saturated carbocycles. The molecular formula is C120H112N24O5. The lowest BCUT2D eigenvalue weighted by Crippen LogP contribution is -2.30. The van der Waals surface area contributed by atoms with E-state index in [0.717, 1.165) is 228 Å². The van der Waals surface area contributed by atoms with Gasteiger partial charge in [0, 0.05) is 286 Å². The number of aryl methyl sites for hydroxylation is 7. The molecule has 0 N–H and O–H groups in total. The van der Waals surface area contributed by atoms with Gasteiger partial charge in [-0.2, -0.15) is 15.3 Å². The zero-order chi connectivity index (χ0) is 104. The minimum atomic E-state index is -0.0136. The molecule has 2 fully saturated rings. The molecule has 17 heterocycles. The molecule has 22 aromatic rings. The van der Waals surface area contributed by atoms with Crippen molar-refractivity contribution in [3.8, 4) is 55.9 Å². The molecule has 2 aliphatic rings. The summed E-state index contributed by atoms with van der Waals surface area (Å²) in [6.07, 6.45) is 38.8. The standard InChI is InChI=1S/2C25H25N5O.C24H20N4O.C23H19N5O.C23H23N5O/c1-17-27-16-23(29(17)2)18-5-6-20-15-28-22(12-21(20)11-18)14-24(31)19-7-8-26-25(13-19)30-9-3-4-10-30;1-29-17-22(16-28-29)18-5-6-20-15-27-23(12-21(20)11-18)14-24(31)19-7-8-26-25(13-19)30-9-3-2-4-10-30;1-27-8-7-17-10-18(5-6-23(17)27)24(29)12-22-11-20-9-16(3-4-19(20)13-25-22)21-14-26-28(2)15-21;1-27-14-25-21-9-16(5-6-22(21)27)23(29)10-20-8-18-7-15(3-4-17(18)11-24-20)19-12-26-28(2)13-19;1-15-25-14-21(28(15)4)16-5-6-18-13-26-20(10-19(18)9-16)12-22(29)17-7-8-24-23(11-17)27(2)3/h5-8,11-13,15-16H,3-4,9-10,14H2,1-2H3;5-8,11-13,15-17H,2-4,9-10,14H2,1H3;3-11,13-15H,12H2,1-2H3;3-9,11-14H,10H2,1-2H3;5-11,13-14H,12H2,1-4H3/i;15D;;;. The fourth-order valence-electron chi connectivity index (χ4n) is 19.0. The molecule has 15 aromatic heterocycles. The molecule has 0 amide bonds. The van der Waals surface area contributed by atoms with Gasteiger partial charge in [-0.25, -0.2) is 29.9 Å². The van der Waals surface area contributed by atoms with Crippen LogP contribution in [0.5, 0.6) is 0 Å². The Labute approximate surface area is 862 Å². The Hall–Kier alpha value is -18.2. The van der Waals surface area contributed by atoms with Crippen molar-refractivity contribution in [2.24, 2.45) is 49.3 Å². The number of carbonyl (C=O) groups is 5. The summed E-state index contributed by atoms with van der Waals surface area (Å²) < 4.78 is 21.8. The number of benzene rings is 7. The number of nitrogens with zero attached hydrogens (tertiary/aromatic N) is 24. The maximum absolute atomic E-state index is 13.0. The van der Waals surface area contributed by atoms with Crippen molar-refractivity contribution in [1.82, 2.24) is 102 Å². The van der Waals surface area contributed by atoms with Crippen LogP contribution in [0, 0.1) is 13.8 Å². The van der Waals surface area contributed by atoms with E-state index in [1.165, 1.54) is 19.3 Å². The van der Waals surface area contributed by atoms with Crippen molar-refractivity contribution in [3.63, 3.8) is 0 Å². The second-order valence-electron chi connectivity index (χ2n) is 38.4. The zero-order valence-electron chi connectivity index (χ0n) is 86.0. The molecule has 0 bridgehead atoms. The Morgan fingerprint density at radius 1 is 0.302 bits per heavy atom. The maximum atomic E-state index is 13.0. The van der Waals surface area contributed by atoms with Gasteiger partial charge in [0.15, 0.2) is 28.9 Å². The molecule has 29 nitrogen and oxygen atoms in total. The van der Waals surface area contributed by atoms with E-state index in [2.05, 4.69) is 156 Å². The van der Waals surface area contributed by atoms with E-state index in [-0.39, 0.29) is 67.2 Å². The van der Waals surface area contributed by atoms with E-state index in [1.807, 2.05) is 287 Å². The molecule has 2 aliphatic heterocycles. The van der Waals surface area contributed by atoms with E-state index in [4.69, 9.17) is 1.37 Å². The van der Waals surface area contributed by atoms with Crippen LogP contribution in [0.2, 0.25) is 0 Å². The highest BCUT2D eigenvalue weighted by Crippen LogP contribution is 2.34. The summed E-state index contributed by atoms with van der Waals surface area (Å²) in [6, 6.07) is 65.3. The van der Waals surface area contributed by atoms with Crippen molar-refractivity contribution in [1.29, 1.82) is 0 Å². The highest BCUT2D eigenvalue weighted by atomic mass is 16.1. The Morgan fingerprint density at radius 2 is 0.664 bits per heavy atom. The van der Waals surface area contributed by atoms with Gasteiger partial charge in [-0.15, -0.1) is 0 Å². The number of rotatable bonds is 23. The highest BCUT2D eigenvalue weighted by Gasteiger charge is 2.23. The molecule has 29 heteroatoms. The third-order valence-corrected chi connectivity index (χ3v) is 27.7. The second-order valence-corrected chi connectivity index (χ2v) is 38.4. The zero-order valence-corrected chi connectivity index (χ0v) is 85.0. The largest absolute Gasteiger partial charge is 0.363 e. The molecule has 0 radical (unpaired) electrons. The molecule has 0 aliphatic carbocycles. The quantitative estimate of drug-likeness (QED) is 0.0537. The van der Waals surface area contributed by atoms with Crippen molar-refractivity contribution >= 4 is 122 Å². The van der Waals surface area contributed by atoms with Gasteiger partial charge >= 0.3 is 0 Å². The fraction of sp³-hybridized carbons (Fsp3) is 0.208. The molecule has 0 spiro atoms. The number of fused-ring (bicyclic) bond motifs is 7. The number of carbonyl (C=O) groups excluding carboxylic acids is 5. The summed E-state index contributed by atoms with van der Waals surface area (Å²) in [5.41, 5.74) is 20.6. The van der Waals surface area contributed by atoms with Crippen molar-refractivity contribution < 1.29 is 25.3 Å². The van der Waals surface area contributed by atoms with Crippen LogP contribution in [-0.2, 0) is 81.4 Å².